The quantitative estimate of drug-likeness (QED) is 0.0708. The Bertz CT molecular complexity index is 1710. The molecule has 5 fully saturated rings. The highest BCUT2D eigenvalue weighted by molar-refractivity contribution is 9.26. The van der Waals surface area contributed by atoms with Crippen LogP contribution >= 0.6 is 130 Å². The minimum absolute atomic E-state index is 0.00935. The molecule has 14 heteroatoms. The summed E-state index contributed by atoms with van der Waals surface area (Å²) in [6.07, 6.45) is 23.9. The lowest BCUT2D eigenvalue weighted by Gasteiger charge is -2.37. The van der Waals surface area contributed by atoms with Gasteiger partial charge in [-0.3, -0.25) is 0 Å². The van der Waals surface area contributed by atoms with E-state index in [2.05, 4.69) is 195 Å². The van der Waals surface area contributed by atoms with Crippen LogP contribution in [0.25, 0.3) is 0 Å². The van der Waals surface area contributed by atoms with Crippen LogP contribution in [0.15, 0.2) is 36.4 Å². The van der Waals surface area contributed by atoms with Crippen LogP contribution in [0.2, 0.25) is 0 Å². The summed E-state index contributed by atoms with van der Waals surface area (Å²) in [7, 11) is 22.0. The zero-order valence-corrected chi connectivity index (χ0v) is 49.0. The van der Waals surface area contributed by atoms with Gasteiger partial charge >= 0.3 is 0 Å². The first-order chi connectivity index (χ1) is 30.8. The van der Waals surface area contributed by atoms with Crippen LogP contribution in [0, 0.1) is 0 Å². The minimum Gasteiger partial charge on any atom is -0.508 e. The normalized spacial score (nSPS) is 30.2. The van der Waals surface area contributed by atoms with Crippen LogP contribution in [0.3, 0.4) is 0 Å². The molecule has 0 saturated carbocycles. The number of fused-ring (bicyclic) bond motifs is 2. The third-order valence-corrected chi connectivity index (χ3v) is 34.2. The van der Waals surface area contributed by atoms with Crippen molar-refractivity contribution in [2.75, 3.05) is 11.5 Å². The van der Waals surface area contributed by atoms with Gasteiger partial charge in [-0.05, 0) is 129 Å². The molecule has 0 amide bonds. The second kappa shape index (κ2) is 26.8. The van der Waals surface area contributed by atoms with Gasteiger partial charge in [0.2, 0.25) is 0 Å². The first-order valence-electron chi connectivity index (χ1n) is 24.3. The molecule has 0 aliphatic carbocycles. The second-order valence-corrected chi connectivity index (χ2v) is 38.3. The number of benzene rings is 2. The van der Waals surface area contributed by atoms with Gasteiger partial charge in [0.25, 0.3) is 0 Å². The SMILES string of the molecule is CC(C)(C)c1ccc(CCCCCCCC2SSSSC(CC3CSSCC(CC4CC(C5SC5CCCCCCCc5ccc(C(C)(C)C)c(O)c5)S4)SS3)C3CC2SS3)cc1O. The maximum atomic E-state index is 10.5. The van der Waals surface area contributed by atoms with E-state index < -0.39 is 0 Å². The van der Waals surface area contributed by atoms with Gasteiger partial charge in [-0.15, -0.1) is 0 Å². The largest absolute Gasteiger partial charge is 0.508 e. The Kier molecular flexibility index (Phi) is 22.6. The fraction of sp³-hybridized carbons (Fsp3) is 0.760. The number of thioether (sulfide) groups is 2. The highest BCUT2D eigenvalue weighted by Crippen LogP contribution is 2.61. The van der Waals surface area contributed by atoms with Crippen molar-refractivity contribution < 1.29 is 10.2 Å². The number of aromatic hydroxyl groups is 2. The van der Waals surface area contributed by atoms with E-state index in [1.807, 2.05) is 12.1 Å². The van der Waals surface area contributed by atoms with Crippen LogP contribution < -0.4 is 0 Å². The molecule has 5 saturated heterocycles. The van der Waals surface area contributed by atoms with E-state index in [4.69, 9.17) is 0 Å². The third-order valence-electron chi connectivity index (χ3n) is 13.4. The van der Waals surface area contributed by atoms with Gasteiger partial charge in [0, 0.05) is 64.0 Å². The average molecular weight is 1090 g/mol. The lowest BCUT2D eigenvalue weighted by atomic mass is 9.85. The molecule has 5 aliphatic rings. The number of aryl methyl sites for hydroxylation is 2. The standard InChI is InChI=1S/C50H76O2S12/c1-49(2,3)38-23-21-33(25-40(38)51)17-13-9-7-11-15-19-42-45-30-46(60-59-45)44(62-64-63-61-42)29-37-32-54-53-31-36(57-58-37)27-35-28-47(55-35)48-43(56-48)20-16-12-8-10-14-18-34-22-24-39(41(52)26-34)50(4,5)6/h21-26,35-37,42-48,51-52H,7-20,27-32H2,1-6H3. The number of unbranched alkanes of at least 4 members (excludes halogenated alkanes) is 8. The summed E-state index contributed by atoms with van der Waals surface area (Å²) in [5, 5.41) is 29.5. The summed E-state index contributed by atoms with van der Waals surface area (Å²) < 4.78 is 0. The monoisotopic (exact) mass is 1090 g/mol. The van der Waals surface area contributed by atoms with Crippen LogP contribution in [-0.4, -0.2) is 74.2 Å². The Morgan fingerprint density at radius 2 is 0.969 bits per heavy atom. The topological polar surface area (TPSA) is 40.5 Å². The molecule has 10 unspecified atom stereocenters. The van der Waals surface area contributed by atoms with Gasteiger partial charge in [0.05, 0.1) is 0 Å². The molecule has 2 N–H and O–H groups in total. The minimum atomic E-state index is -0.0156. The van der Waals surface area contributed by atoms with Crippen molar-refractivity contribution in [1.29, 1.82) is 0 Å². The third kappa shape index (κ3) is 17.2. The maximum absolute atomic E-state index is 10.5. The summed E-state index contributed by atoms with van der Waals surface area (Å²) in [6, 6.07) is 12.7. The van der Waals surface area contributed by atoms with Crippen LogP contribution in [0.1, 0.15) is 167 Å². The molecule has 5 aliphatic heterocycles. The fourth-order valence-corrected chi connectivity index (χ4v) is 32.7. The Hall–Kier alpha value is 2.24. The second-order valence-electron chi connectivity index (χ2n) is 20.9. The molecule has 2 aromatic rings. The Morgan fingerprint density at radius 1 is 0.484 bits per heavy atom. The van der Waals surface area contributed by atoms with Gasteiger partial charge in [0.15, 0.2) is 0 Å². The van der Waals surface area contributed by atoms with Crippen molar-refractivity contribution in [1.82, 2.24) is 0 Å². The summed E-state index contributed by atoms with van der Waals surface area (Å²) in [5.74, 6) is 3.55. The predicted octanol–water partition coefficient (Wildman–Crippen LogP) is 18.8. The lowest BCUT2D eigenvalue weighted by Crippen LogP contribution is -2.34. The molecule has 2 aromatic carbocycles. The van der Waals surface area contributed by atoms with Crippen molar-refractivity contribution in [3.8, 4) is 11.5 Å². The molecule has 2 nitrogen and oxygen atoms in total. The average Bonchev–Trinajstić information content (AvgIpc) is 3.78. The summed E-state index contributed by atoms with van der Waals surface area (Å²) >= 11 is 4.66. The number of rotatable bonds is 21. The van der Waals surface area contributed by atoms with Gasteiger partial charge in [-0.1, -0.05) is 204 Å². The zero-order valence-electron chi connectivity index (χ0n) is 39.2. The molecule has 360 valence electrons. The predicted molar refractivity (Wildman–Crippen MR) is 314 cm³/mol. The van der Waals surface area contributed by atoms with E-state index in [0.717, 1.165) is 76.5 Å². The van der Waals surface area contributed by atoms with Crippen LogP contribution in [0.5, 0.6) is 11.5 Å². The Labute approximate surface area is 437 Å². The van der Waals surface area contributed by atoms with E-state index in [9.17, 15) is 10.2 Å². The Balaban J connectivity index is 0.717. The first-order valence-corrected chi connectivity index (χ1v) is 38.2. The van der Waals surface area contributed by atoms with Crippen molar-refractivity contribution in [3.63, 3.8) is 0 Å². The highest BCUT2D eigenvalue weighted by atomic mass is 33.7. The number of phenolic OH excluding ortho intramolecular Hbond substituents is 2. The number of hydrogen-bond acceptors (Lipinski definition) is 14. The van der Waals surface area contributed by atoms with Gasteiger partial charge < -0.3 is 10.2 Å². The van der Waals surface area contributed by atoms with Gasteiger partial charge in [0.1, 0.15) is 11.5 Å². The summed E-state index contributed by atoms with van der Waals surface area (Å²) in [5.41, 5.74) is 4.63. The van der Waals surface area contributed by atoms with Crippen molar-refractivity contribution >= 4 is 130 Å². The lowest BCUT2D eigenvalue weighted by molar-refractivity contribution is 0.445. The molecule has 7 rings (SSSR count). The molecular weight excluding hydrogens is 1020 g/mol. The molecular formula is C50H76O2S12. The van der Waals surface area contributed by atoms with E-state index in [1.165, 1.54) is 125 Å². The molecule has 0 radical (unpaired) electrons. The molecule has 5 heterocycles. The highest BCUT2D eigenvalue weighted by Gasteiger charge is 2.49. The maximum Gasteiger partial charge on any atom is 0.119 e. The van der Waals surface area contributed by atoms with Gasteiger partial charge in [-0.2, -0.15) is 23.5 Å². The van der Waals surface area contributed by atoms with Crippen molar-refractivity contribution in [3.05, 3.63) is 58.7 Å². The van der Waals surface area contributed by atoms with E-state index in [1.54, 1.807) is 0 Å². The Morgan fingerprint density at radius 3 is 1.52 bits per heavy atom. The van der Waals surface area contributed by atoms with E-state index in [0.29, 0.717) is 11.5 Å². The molecule has 64 heavy (non-hydrogen) atoms. The number of phenols is 2. The van der Waals surface area contributed by atoms with E-state index >= 15 is 0 Å². The molecule has 10 atom stereocenters. The van der Waals surface area contributed by atoms with E-state index in [-0.39, 0.29) is 10.8 Å². The summed E-state index contributed by atoms with van der Waals surface area (Å²) in [4.78, 5) is 0. The zero-order chi connectivity index (χ0) is 45.1. The van der Waals surface area contributed by atoms with Crippen LogP contribution in [-0.2, 0) is 23.7 Å². The van der Waals surface area contributed by atoms with Crippen molar-refractivity contribution in [2.24, 2.45) is 0 Å². The molecule has 0 spiro atoms. The summed E-state index contributed by atoms with van der Waals surface area (Å²) in [6.45, 7) is 13.0. The molecule has 2 bridgehead atoms. The first kappa shape index (κ1) is 54.0. The smallest absolute Gasteiger partial charge is 0.119 e. The van der Waals surface area contributed by atoms with Crippen LogP contribution in [0.4, 0.5) is 0 Å². The fourth-order valence-electron chi connectivity index (χ4n) is 9.51. The number of hydrogen-bond donors (Lipinski definition) is 2. The van der Waals surface area contributed by atoms with Gasteiger partial charge in [-0.25, -0.2) is 0 Å². The molecule has 0 aromatic heterocycles. The van der Waals surface area contributed by atoms with Crippen molar-refractivity contribution in [2.45, 2.75) is 220 Å².